The maximum absolute atomic E-state index is 13.4. The molecule has 2 aromatic rings. The van der Waals surface area contributed by atoms with E-state index < -0.39 is 6.04 Å². The van der Waals surface area contributed by atoms with Crippen molar-refractivity contribution in [1.82, 2.24) is 9.80 Å². The lowest BCUT2D eigenvalue weighted by atomic mass is 10.1. The Bertz CT molecular complexity index is 821. The maximum Gasteiger partial charge on any atom is 0.323 e. The van der Waals surface area contributed by atoms with Crippen LogP contribution < -0.4 is 0 Å². The smallest absolute Gasteiger partial charge is 0.323 e. The number of nitrogens with zero attached hydrogens (tertiary/aromatic N) is 2. The molecule has 1 aromatic heterocycles. The van der Waals surface area contributed by atoms with Gasteiger partial charge in [-0.2, -0.15) is 0 Å². The van der Waals surface area contributed by atoms with Crippen LogP contribution in [-0.2, 0) is 27.4 Å². The van der Waals surface area contributed by atoms with E-state index in [2.05, 4.69) is 13.8 Å². The highest BCUT2D eigenvalue weighted by molar-refractivity contribution is 5.80. The highest BCUT2D eigenvalue weighted by Crippen LogP contribution is 2.16. The summed E-state index contributed by atoms with van der Waals surface area (Å²) in [6.45, 7) is 9.51. The fraction of sp³-hybridized carbons (Fsp3) is 0.520. The molecule has 32 heavy (non-hydrogen) atoms. The van der Waals surface area contributed by atoms with Gasteiger partial charge in [0.1, 0.15) is 17.6 Å². The van der Waals surface area contributed by atoms with Crippen LogP contribution in [0, 0.1) is 11.7 Å². The van der Waals surface area contributed by atoms with Gasteiger partial charge in [-0.25, -0.2) is 4.39 Å². The Hall–Kier alpha value is -2.67. The number of amides is 1. The van der Waals surface area contributed by atoms with Crippen LogP contribution in [-0.4, -0.2) is 47.4 Å². The number of hydrogen-bond acceptors (Lipinski definition) is 5. The SMILES string of the molecule is CCC[C@H](C(=O)OCC)N(CC(=O)N(Cc1ccc(F)cc1)Cc1ccco1)CC(C)C. The summed E-state index contributed by atoms with van der Waals surface area (Å²) >= 11 is 0. The summed E-state index contributed by atoms with van der Waals surface area (Å²) in [5.74, 6) is 0.187. The number of carbonyl (C=O) groups is 2. The van der Waals surface area contributed by atoms with Crippen molar-refractivity contribution in [2.75, 3.05) is 19.7 Å². The van der Waals surface area contributed by atoms with Gasteiger partial charge in [0.05, 0.1) is 26.0 Å². The van der Waals surface area contributed by atoms with E-state index in [1.807, 2.05) is 17.9 Å². The number of hydrogen-bond donors (Lipinski definition) is 0. The van der Waals surface area contributed by atoms with Crippen molar-refractivity contribution in [2.24, 2.45) is 5.92 Å². The number of furan rings is 1. The van der Waals surface area contributed by atoms with E-state index in [0.29, 0.717) is 31.9 Å². The fourth-order valence-electron chi connectivity index (χ4n) is 3.64. The Morgan fingerprint density at radius 2 is 1.81 bits per heavy atom. The second-order valence-electron chi connectivity index (χ2n) is 8.34. The first-order valence-corrected chi connectivity index (χ1v) is 11.3. The van der Waals surface area contributed by atoms with Crippen LogP contribution in [0.3, 0.4) is 0 Å². The van der Waals surface area contributed by atoms with E-state index >= 15 is 0 Å². The summed E-state index contributed by atoms with van der Waals surface area (Å²) in [4.78, 5) is 29.7. The summed E-state index contributed by atoms with van der Waals surface area (Å²) in [5, 5.41) is 0. The highest BCUT2D eigenvalue weighted by Gasteiger charge is 2.30. The summed E-state index contributed by atoms with van der Waals surface area (Å²) < 4.78 is 24.1. The number of benzene rings is 1. The van der Waals surface area contributed by atoms with Gasteiger partial charge in [-0.15, -0.1) is 0 Å². The van der Waals surface area contributed by atoms with Crippen LogP contribution in [0.2, 0.25) is 0 Å². The molecule has 0 aliphatic carbocycles. The quantitative estimate of drug-likeness (QED) is 0.420. The van der Waals surface area contributed by atoms with E-state index in [4.69, 9.17) is 9.15 Å². The van der Waals surface area contributed by atoms with E-state index in [1.54, 1.807) is 36.3 Å². The predicted octanol–water partition coefficient (Wildman–Crippen LogP) is 4.64. The first-order valence-electron chi connectivity index (χ1n) is 11.3. The molecule has 0 unspecified atom stereocenters. The molecule has 0 saturated heterocycles. The molecule has 0 saturated carbocycles. The fourth-order valence-corrected chi connectivity index (χ4v) is 3.64. The minimum atomic E-state index is -0.470. The molecule has 1 aromatic carbocycles. The number of rotatable bonds is 13. The largest absolute Gasteiger partial charge is 0.467 e. The average molecular weight is 447 g/mol. The molecule has 0 bridgehead atoms. The lowest BCUT2D eigenvalue weighted by Crippen LogP contribution is -2.49. The van der Waals surface area contributed by atoms with Crippen LogP contribution >= 0.6 is 0 Å². The monoisotopic (exact) mass is 446 g/mol. The Balaban J connectivity index is 2.24. The van der Waals surface area contributed by atoms with E-state index in [1.165, 1.54) is 12.1 Å². The topological polar surface area (TPSA) is 63.0 Å². The molecule has 7 heteroatoms. The van der Waals surface area contributed by atoms with Crippen LogP contribution in [0.1, 0.15) is 51.9 Å². The number of ether oxygens (including phenoxy) is 1. The third kappa shape index (κ3) is 8.11. The minimum absolute atomic E-state index is 0.0869. The Labute approximate surface area is 190 Å². The van der Waals surface area contributed by atoms with Gasteiger partial charge in [0.2, 0.25) is 5.91 Å². The molecule has 0 aliphatic heterocycles. The molecule has 0 spiro atoms. The second kappa shape index (κ2) is 13.0. The van der Waals surface area contributed by atoms with Crippen LogP contribution in [0.4, 0.5) is 4.39 Å². The zero-order valence-electron chi connectivity index (χ0n) is 19.6. The Kier molecular flexibility index (Phi) is 10.4. The molecule has 2 rings (SSSR count). The first-order chi connectivity index (χ1) is 15.3. The molecule has 0 radical (unpaired) electrons. The molecule has 176 valence electrons. The van der Waals surface area contributed by atoms with Gasteiger partial charge >= 0.3 is 5.97 Å². The van der Waals surface area contributed by atoms with Gasteiger partial charge in [0.15, 0.2) is 0 Å². The zero-order valence-corrected chi connectivity index (χ0v) is 19.6. The summed E-state index contributed by atoms with van der Waals surface area (Å²) in [5.41, 5.74) is 0.817. The van der Waals surface area contributed by atoms with Crippen molar-refractivity contribution < 1.29 is 23.1 Å². The minimum Gasteiger partial charge on any atom is -0.467 e. The van der Waals surface area contributed by atoms with E-state index in [0.717, 1.165) is 12.0 Å². The predicted molar refractivity (Wildman–Crippen MR) is 121 cm³/mol. The molecular formula is C25H35FN2O4. The third-order valence-corrected chi connectivity index (χ3v) is 5.07. The molecule has 1 atom stereocenters. The zero-order chi connectivity index (χ0) is 23.5. The molecule has 0 N–H and O–H groups in total. The average Bonchev–Trinajstić information content (AvgIpc) is 3.25. The molecular weight excluding hydrogens is 411 g/mol. The van der Waals surface area contributed by atoms with E-state index in [-0.39, 0.29) is 36.7 Å². The molecule has 0 aliphatic rings. The van der Waals surface area contributed by atoms with Crippen molar-refractivity contribution >= 4 is 11.9 Å². The number of esters is 1. The van der Waals surface area contributed by atoms with Crippen LogP contribution in [0.25, 0.3) is 0 Å². The highest BCUT2D eigenvalue weighted by atomic mass is 19.1. The summed E-state index contributed by atoms with van der Waals surface area (Å²) in [7, 11) is 0. The summed E-state index contributed by atoms with van der Waals surface area (Å²) in [6.07, 6.45) is 2.99. The van der Waals surface area contributed by atoms with E-state index in [9.17, 15) is 14.0 Å². The Morgan fingerprint density at radius 1 is 1.09 bits per heavy atom. The first kappa shape index (κ1) is 25.6. The Morgan fingerprint density at radius 3 is 2.38 bits per heavy atom. The summed E-state index contributed by atoms with van der Waals surface area (Å²) in [6, 6.07) is 9.23. The molecule has 1 heterocycles. The van der Waals surface area contributed by atoms with Gasteiger partial charge in [0, 0.05) is 13.1 Å². The van der Waals surface area contributed by atoms with Gasteiger partial charge in [-0.1, -0.05) is 39.3 Å². The lowest BCUT2D eigenvalue weighted by molar-refractivity contribution is -0.151. The number of carbonyl (C=O) groups excluding carboxylic acids is 2. The molecule has 1 amide bonds. The maximum atomic E-state index is 13.4. The van der Waals surface area contributed by atoms with Gasteiger partial charge in [0.25, 0.3) is 0 Å². The normalized spacial score (nSPS) is 12.2. The molecule has 0 fully saturated rings. The second-order valence-corrected chi connectivity index (χ2v) is 8.34. The van der Waals surface area contributed by atoms with Crippen LogP contribution in [0.15, 0.2) is 47.1 Å². The molecule has 6 nitrogen and oxygen atoms in total. The number of halogens is 1. The van der Waals surface area contributed by atoms with Crippen molar-refractivity contribution in [1.29, 1.82) is 0 Å². The van der Waals surface area contributed by atoms with Crippen molar-refractivity contribution in [3.8, 4) is 0 Å². The lowest BCUT2D eigenvalue weighted by Gasteiger charge is -2.33. The standard InChI is InChI=1S/C25H35FN2O4/c1-5-8-23(25(30)31-6-2)27(15-19(3)4)18-24(29)28(17-22-9-7-14-32-22)16-20-10-12-21(26)13-11-20/h7,9-14,19,23H,5-6,8,15-18H2,1-4H3/t23-/m1/s1. The van der Waals surface area contributed by atoms with Crippen molar-refractivity contribution in [2.45, 2.75) is 59.7 Å². The van der Waals surface area contributed by atoms with Crippen LogP contribution in [0.5, 0.6) is 0 Å². The third-order valence-electron chi connectivity index (χ3n) is 5.07. The van der Waals surface area contributed by atoms with Crippen molar-refractivity contribution in [3.63, 3.8) is 0 Å². The van der Waals surface area contributed by atoms with Gasteiger partial charge in [-0.05, 0) is 49.1 Å². The van der Waals surface area contributed by atoms with Gasteiger partial charge in [-0.3, -0.25) is 14.5 Å². The van der Waals surface area contributed by atoms with Gasteiger partial charge < -0.3 is 14.1 Å². The van der Waals surface area contributed by atoms with Crippen molar-refractivity contribution in [3.05, 3.63) is 59.8 Å².